The summed E-state index contributed by atoms with van der Waals surface area (Å²) in [5, 5.41) is 6.28. The topological polar surface area (TPSA) is 105 Å². The Morgan fingerprint density at radius 2 is 2.06 bits per heavy atom. The number of likely N-dealkylation sites (tertiary alicyclic amines) is 1. The number of aldehydes is 1. The van der Waals surface area contributed by atoms with Crippen molar-refractivity contribution >= 4 is 47.2 Å². The third-order valence-corrected chi connectivity index (χ3v) is 8.41. The van der Waals surface area contributed by atoms with Gasteiger partial charge >= 0.3 is 0 Å². The second-order valence-electron chi connectivity index (χ2n) is 10.1. The van der Waals surface area contributed by atoms with Crippen molar-refractivity contribution in [3.05, 3.63) is 28.2 Å². The number of nitrogens with zero attached hydrogens (tertiary/aromatic N) is 1. The van der Waals surface area contributed by atoms with Crippen LogP contribution in [0.1, 0.15) is 27.2 Å². The van der Waals surface area contributed by atoms with Crippen LogP contribution in [0.25, 0.3) is 0 Å². The van der Waals surface area contributed by atoms with Crippen LogP contribution in [0.3, 0.4) is 0 Å². The molecular weight excluding hydrogens is 481 g/mol. The van der Waals surface area contributed by atoms with Gasteiger partial charge in [0, 0.05) is 25.1 Å². The molecule has 2 unspecified atom stereocenters. The maximum Gasteiger partial charge on any atom is 0.261 e. The lowest BCUT2D eigenvalue weighted by Crippen LogP contribution is -2.53. The van der Waals surface area contributed by atoms with E-state index >= 15 is 0 Å². The van der Waals surface area contributed by atoms with Crippen LogP contribution in [0.4, 0.5) is 0 Å². The van der Waals surface area contributed by atoms with Crippen molar-refractivity contribution in [3.63, 3.8) is 0 Å². The summed E-state index contributed by atoms with van der Waals surface area (Å²) in [6, 6.07) is 3.24. The molecule has 184 valence electrons. The van der Waals surface area contributed by atoms with Crippen molar-refractivity contribution in [1.29, 1.82) is 0 Å². The summed E-state index contributed by atoms with van der Waals surface area (Å²) in [4.78, 5) is 51.7. The number of carbonyl (C=O) groups excluding carboxylic acids is 4. The summed E-state index contributed by atoms with van der Waals surface area (Å²) in [5.41, 5.74) is -0.0696. The highest BCUT2D eigenvalue weighted by atomic mass is 35.5. The zero-order chi connectivity index (χ0) is 24.8. The van der Waals surface area contributed by atoms with E-state index < -0.39 is 12.1 Å². The fraction of sp³-hybridized carbons (Fsp3) is 0.583. The molecule has 6 atom stereocenters. The van der Waals surface area contributed by atoms with Gasteiger partial charge in [0.25, 0.3) is 5.91 Å². The Balaban J connectivity index is 1.42. The first-order valence-corrected chi connectivity index (χ1v) is 12.2. The molecule has 10 heteroatoms. The lowest BCUT2D eigenvalue weighted by Gasteiger charge is -2.31. The van der Waals surface area contributed by atoms with Crippen LogP contribution in [0, 0.1) is 29.1 Å². The summed E-state index contributed by atoms with van der Waals surface area (Å²) in [6.07, 6.45) is 0.904. The van der Waals surface area contributed by atoms with E-state index in [9.17, 15) is 19.2 Å². The van der Waals surface area contributed by atoms with Gasteiger partial charge in [0.05, 0.1) is 16.1 Å². The van der Waals surface area contributed by atoms with E-state index in [1.54, 1.807) is 17.0 Å². The molecule has 0 aromatic heterocycles. The Morgan fingerprint density at radius 3 is 2.68 bits per heavy atom. The van der Waals surface area contributed by atoms with Crippen molar-refractivity contribution in [1.82, 2.24) is 15.5 Å². The van der Waals surface area contributed by atoms with Crippen LogP contribution < -0.4 is 15.4 Å². The second-order valence-corrected chi connectivity index (χ2v) is 10.9. The molecule has 8 nitrogen and oxygen atoms in total. The van der Waals surface area contributed by atoms with Crippen molar-refractivity contribution in [2.24, 2.45) is 29.1 Å². The van der Waals surface area contributed by atoms with E-state index in [-0.39, 0.29) is 59.8 Å². The van der Waals surface area contributed by atoms with Gasteiger partial charge in [-0.2, -0.15) is 0 Å². The van der Waals surface area contributed by atoms with Gasteiger partial charge in [-0.05, 0) is 41.7 Å². The zero-order valence-electron chi connectivity index (χ0n) is 19.3. The van der Waals surface area contributed by atoms with Crippen LogP contribution in [0.5, 0.6) is 5.75 Å². The molecular formula is C24H29Cl2N3O5. The molecule has 0 bridgehead atoms. The molecule has 1 aromatic carbocycles. The second kappa shape index (κ2) is 9.38. The third kappa shape index (κ3) is 4.62. The average Bonchev–Trinajstić information content (AvgIpc) is 3.11. The smallest absolute Gasteiger partial charge is 0.261 e. The molecule has 1 aromatic rings. The minimum absolute atomic E-state index is 0.00225. The molecule has 1 aliphatic carbocycles. The minimum Gasteiger partial charge on any atom is -0.484 e. The van der Waals surface area contributed by atoms with Gasteiger partial charge in [0.1, 0.15) is 18.1 Å². The van der Waals surface area contributed by atoms with Crippen molar-refractivity contribution in [2.45, 2.75) is 39.3 Å². The molecule has 1 saturated carbocycles. The Hall–Kier alpha value is -2.32. The van der Waals surface area contributed by atoms with E-state index in [0.717, 1.165) is 0 Å². The normalized spacial score (nSPS) is 29.7. The fourth-order valence-electron chi connectivity index (χ4n) is 5.46. The van der Waals surface area contributed by atoms with Gasteiger partial charge in [-0.3, -0.25) is 14.4 Å². The van der Waals surface area contributed by atoms with E-state index in [4.69, 9.17) is 27.9 Å². The van der Waals surface area contributed by atoms with E-state index in [2.05, 4.69) is 24.5 Å². The Labute approximate surface area is 208 Å². The molecule has 0 radical (unpaired) electrons. The molecule has 2 heterocycles. The monoisotopic (exact) mass is 509 g/mol. The highest BCUT2D eigenvalue weighted by Crippen LogP contribution is 2.64. The summed E-state index contributed by atoms with van der Waals surface area (Å²) < 4.78 is 5.59. The van der Waals surface area contributed by atoms with Gasteiger partial charge in [-0.25, -0.2) is 0 Å². The molecule has 3 fully saturated rings. The molecule has 3 aliphatic rings. The predicted octanol–water partition coefficient (Wildman–Crippen LogP) is 2.31. The lowest BCUT2D eigenvalue weighted by molar-refractivity contribution is -0.142. The quantitative estimate of drug-likeness (QED) is 0.523. The molecule has 0 spiro atoms. The number of piperidine rings is 1. The number of amides is 3. The summed E-state index contributed by atoms with van der Waals surface area (Å²) in [7, 11) is 0. The number of ether oxygens (including phenoxy) is 1. The van der Waals surface area contributed by atoms with E-state index in [1.807, 2.05) is 6.92 Å². The van der Waals surface area contributed by atoms with Crippen molar-refractivity contribution < 1.29 is 23.9 Å². The van der Waals surface area contributed by atoms with Gasteiger partial charge < -0.3 is 25.1 Å². The zero-order valence-corrected chi connectivity index (χ0v) is 20.9. The van der Waals surface area contributed by atoms with Crippen LogP contribution in [-0.4, -0.2) is 60.7 Å². The summed E-state index contributed by atoms with van der Waals surface area (Å²) in [6.45, 7) is 6.86. The van der Waals surface area contributed by atoms with Crippen LogP contribution in [0.15, 0.2) is 18.2 Å². The van der Waals surface area contributed by atoms with Gasteiger partial charge in [-0.15, -0.1) is 0 Å². The molecule has 2 N–H and O–H groups in total. The highest BCUT2D eigenvalue weighted by molar-refractivity contribution is 6.42. The van der Waals surface area contributed by atoms with Crippen LogP contribution >= 0.6 is 23.2 Å². The van der Waals surface area contributed by atoms with Crippen molar-refractivity contribution in [2.75, 3.05) is 19.7 Å². The molecule has 34 heavy (non-hydrogen) atoms. The Kier molecular flexibility index (Phi) is 6.84. The maximum absolute atomic E-state index is 13.3. The van der Waals surface area contributed by atoms with Crippen molar-refractivity contribution in [3.8, 4) is 5.75 Å². The summed E-state index contributed by atoms with van der Waals surface area (Å²) in [5.74, 6) is -0.435. The molecule has 2 aliphatic heterocycles. The predicted molar refractivity (Wildman–Crippen MR) is 126 cm³/mol. The number of hydrogen-bond donors (Lipinski definition) is 2. The van der Waals surface area contributed by atoms with Crippen LogP contribution in [0.2, 0.25) is 10.0 Å². The average molecular weight is 510 g/mol. The van der Waals surface area contributed by atoms with E-state index in [1.165, 1.54) is 6.07 Å². The largest absolute Gasteiger partial charge is 0.484 e. The number of nitrogens with one attached hydrogen (secondary N) is 2. The summed E-state index contributed by atoms with van der Waals surface area (Å²) >= 11 is 11.9. The fourth-order valence-corrected chi connectivity index (χ4v) is 5.75. The van der Waals surface area contributed by atoms with E-state index in [0.29, 0.717) is 35.2 Å². The number of hydrogen-bond acceptors (Lipinski definition) is 5. The number of halogens is 2. The van der Waals surface area contributed by atoms with Crippen LogP contribution in [-0.2, 0) is 19.2 Å². The Bertz CT molecular complexity index is 1020. The van der Waals surface area contributed by atoms with Gasteiger partial charge in [0.2, 0.25) is 11.8 Å². The first-order chi connectivity index (χ1) is 16.0. The number of carbonyl (C=O) groups is 4. The van der Waals surface area contributed by atoms with Gasteiger partial charge in [0.15, 0.2) is 6.61 Å². The number of rotatable bonds is 8. The standard InChI is InChI=1S/C24H29Cl2N3O5/c1-12-8-27-22(32)15(12)6-13(10-30)28-23(33)21-20-16(24(20,2)3)9-29(21)19(31)11-34-14-4-5-17(25)18(26)7-14/h4-5,7,10,12-13,15-16,20-21H,6,8-9,11H2,1-3H3,(H,27,32)(H,28,33)/t12?,13-,15+,16-,20-,21?/m0/s1. The number of fused-ring (bicyclic) bond motifs is 1. The molecule has 2 saturated heterocycles. The Morgan fingerprint density at radius 1 is 1.32 bits per heavy atom. The number of benzene rings is 1. The SMILES string of the molecule is CC1CNC(=O)[C@@H]1C[C@@H](C=O)NC(=O)C1[C@@H]2[C@H](CN1C(=O)COc1ccc(Cl)c(Cl)c1)C2(C)C. The maximum atomic E-state index is 13.3. The van der Waals surface area contributed by atoms with Gasteiger partial charge in [-0.1, -0.05) is 44.0 Å². The lowest BCUT2D eigenvalue weighted by atomic mass is 9.90. The first-order valence-electron chi connectivity index (χ1n) is 11.4. The first kappa shape index (κ1) is 24.8. The highest BCUT2D eigenvalue weighted by Gasteiger charge is 2.69. The molecule has 3 amide bonds. The minimum atomic E-state index is -0.797. The third-order valence-electron chi connectivity index (χ3n) is 7.67. The molecule has 4 rings (SSSR count).